The van der Waals surface area contributed by atoms with Crippen molar-refractivity contribution in [2.45, 2.75) is 51.2 Å². The van der Waals surface area contributed by atoms with Gasteiger partial charge in [-0.05, 0) is 25.2 Å². The predicted octanol–water partition coefficient (Wildman–Crippen LogP) is 3.23. The molecule has 1 aliphatic rings. The summed E-state index contributed by atoms with van der Waals surface area (Å²) < 4.78 is 5.38. The van der Waals surface area contributed by atoms with E-state index < -0.39 is 0 Å². The molecule has 0 spiro atoms. The summed E-state index contributed by atoms with van der Waals surface area (Å²) in [5, 5.41) is 4.03. The van der Waals surface area contributed by atoms with Crippen LogP contribution in [0.4, 0.5) is 5.82 Å². The van der Waals surface area contributed by atoms with Gasteiger partial charge in [-0.3, -0.25) is 0 Å². The molecule has 0 radical (unpaired) electrons. The van der Waals surface area contributed by atoms with Crippen LogP contribution in [-0.2, 0) is 4.74 Å². The number of anilines is 1. The molecule has 100 valence electrons. The molecule has 0 bridgehead atoms. The van der Waals surface area contributed by atoms with Crippen LogP contribution >= 0.6 is 11.6 Å². The van der Waals surface area contributed by atoms with E-state index >= 15 is 0 Å². The summed E-state index contributed by atoms with van der Waals surface area (Å²) in [4.78, 5) is 8.38. The van der Waals surface area contributed by atoms with Crippen molar-refractivity contribution in [1.82, 2.24) is 9.97 Å². The molecule has 0 aliphatic heterocycles. The molecule has 1 heterocycles. The fourth-order valence-corrected chi connectivity index (χ4v) is 2.83. The number of hydrogen-bond acceptors (Lipinski definition) is 4. The largest absolute Gasteiger partial charge is 0.381 e. The quantitative estimate of drug-likeness (QED) is 0.853. The number of nitrogens with one attached hydrogen (secondary N) is 1. The van der Waals surface area contributed by atoms with Crippen LogP contribution in [0.5, 0.6) is 0 Å². The van der Waals surface area contributed by atoms with Crippen molar-refractivity contribution in [2.75, 3.05) is 12.4 Å². The maximum atomic E-state index is 6.15. The van der Waals surface area contributed by atoms with E-state index in [0.717, 1.165) is 30.6 Å². The Morgan fingerprint density at radius 3 is 2.78 bits per heavy atom. The van der Waals surface area contributed by atoms with E-state index in [4.69, 9.17) is 16.3 Å². The highest BCUT2D eigenvalue weighted by molar-refractivity contribution is 6.30. The second-order valence-electron chi connectivity index (χ2n) is 5.09. The smallest absolute Gasteiger partial charge is 0.138 e. The van der Waals surface area contributed by atoms with Gasteiger partial charge in [-0.25, -0.2) is 9.97 Å². The van der Waals surface area contributed by atoms with Gasteiger partial charge in [0.1, 0.15) is 17.3 Å². The van der Waals surface area contributed by atoms with Crippen LogP contribution in [0.3, 0.4) is 0 Å². The van der Waals surface area contributed by atoms with Crippen LogP contribution in [0.1, 0.15) is 44.6 Å². The standard InChI is InChI=1S/C13H20ClN3O/c1-8(2)11-12(14)15-7-16-13(11)17-9-4-5-10(6-9)18-3/h7-10H,4-6H2,1-3H3,(H,15,16,17). The van der Waals surface area contributed by atoms with Crippen LogP contribution in [-0.4, -0.2) is 29.2 Å². The minimum atomic E-state index is 0.306. The molecule has 2 rings (SSSR count). The van der Waals surface area contributed by atoms with Gasteiger partial charge in [-0.2, -0.15) is 0 Å². The van der Waals surface area contributed by atoms with E-state index in [9.17, 15) is 0 Å². The van der Waals surface area contributed by atoms with Crippen molar-refractivity contribution in [2.24, 2.45) is 0 Å². The summed E-state index contributed by atoms with van der Waals surface area (Å²) in [6, 6.07) is 0.415. The van der Waals surface area contributed by atoms with E-state index in [1.54, 1.807) is 7.11 Å². The van der Waals surface area contributed by atoms with Gasteiger partial charge in [0.25, 0.3) is 0 Å². The third-order valence-electron chi connectivity index (χ3n) is 3.47. The lowest BCUT2D eigenvalue weighted by Gasteiger charge is -2.18. The molecule has 1 saturated carbocycles. The van der Waals surface area contributed by atoms with Crippen molar-refractivity contribution in [3.8, 4) is 0 Å². The van der Waals surface area contributed by atoms with Gasteiger partial charge in [-0.1, -0.05) is 25.4 Å². The van der Waals surface area contributed by atoms with Crippen LogP contribution in [0.15, 0.2) is 6.33 Å². The number of halogens is 1. The first-order valence-corrected chi connectivity index (χ1v) is 6.79. The fourth-order valence-electron chi connectivity index (χ4n) is 2.48. The van der Waals surface area contributed by atoms with E-state index in [1.165, 1.54) is 6.33 Å². The molecule has 0 amide bonds. The first-order valence-electron chi connectivity index (χ1n) is 6.41. The minimum Gasteiger partial charge on any atom is -0.381 e. The maximum absolute atomic E-state index is 6.15. The summed E-state index contributed by atoms with van der Waals surface area (Å²) in [5.41, 5.74) is 1.00. The molecule has 5 heteroatoms. The lowest BCUT2D eigenvalue weighted by Crippen LogP contribution is -2.19. The normalized spacial score (nSPS) is 23.6. The molecule has 1 fully saturated rings. The summed E-state index contributed by atoms with van der Waals surface area (Å²) in [6.07, 6.45) is 5.11. The van der Waals surface area contributed by atoms with Gasteiger partial charge in [0.05, 0.1) is 6.10 Å². The molecule has 1 aromatic heterocycles. The Bertz CT molecular complexity index is 411. The van der Waals surface area contributed by atoms with Crippen molar-refractivity contribution < 1.29 is 4.74 Å². The van der Waals surface area contributed by atoms with Crippen LogP contribution in [0.2, 0.25) is 5.15 Å². The zero-order valence-electron chi connectivity index (χ0n) is 11.1. The van der Waals surface area contributed by atoms with Gasteiger partial charge >= 0.3 is 0 Å². The third kappa shape index (κ3) is 2.93. The lowest BCUT2D eigenvalue weighted by atomic mass is 10.1. The Hall–Kier alpha value is -0.870. The van der Waals surface area contributed by atoms with E-state index in [0.29, 0.717) is 23.2 Å². The van der Waals surface area contributed by atoms with Crippen LogP contribution in [0.25, 0.3) is 0 Å². The Morgan fingerprint density at radius 1 is 1.39 bits per heavy atom. The first kappa shape index (κ1) is 13.6. The number of aromatic nitrogens is 2. The second kappa shape index (κ2) is 5.85. The second-order valence-corrected chi connectivity index (χ2v) is 5.45. The van der Waals surface area contributed by atoms with Gasteiger partial charge in [-0.15, -0.1) is 0 Å². The zero-order chi connectivity index (χ0) is 13.1. The minimum absolute atomic E-state index is 0.306. The first-order chi connectivity index (χ1) is 8.61. The number of nitrogens with zero attached hydrogens (tertiary/aromatic N) is 2. The Labute approximate surface area is 113 Å². The van der Waals surface area contributed by atoms with E-state index in [-0.39, 0.29) is 0 Å². The zero-order valence-corrected chi connectivity index (χ0v) is 11.9. The molecule has 0 aromatic carbocycles. The average molecular weight is 270 g/mol. The monoisotopic (exact) mass is 269 g/mol. The van der Waals surface area contributed by atoms with Gasteiger partial charge in [0.2, 0.25) is 0 Å². The topological polar surface area (TPSA) is 47.0 Å². The Balaban J connectivity index is 2.12. The molecule has 2 unspecified atom stereocenters. The number of hydrogen-bond donors (Lipinski definition) is 1. The SMILES string of the molecule is COC1CCC(Nc2ncnc(Cl)c2C(C)C)C1. The summed E-state index contributed by atoms with van der Waals surface area (Å²) in [5.74, 6) is 1.17. The highest BCUT2D eigenvalue weighted by atomic mass is 35.5. The molecule has 0 saturated heterocycles. The van der Waals surface area contributed by atoms with Crippen molar-refractivity contribution in [1.29, 1.82) is 0 Å². The molecule has 1 N–H and O–H groups in total. The number of rotatable bonds is 4. The molecule has 1 aromatic rings. The molecule has 1 aliphatic carbocycles. The summed E-state index contributed by atoms with van der Waals surface area (Å²) >= 11 is 6.15. The fraction of sp³-hybridized carbons (Fsp3) is 0.692. The Morgan fingerprint density at radius 2 is 2.17 bits per heavy atom. The maximum Gasteiger partial charge on any atom is 0.138 e. The Kier molecular flexibility index (Phi) is 4.40. The van der Waals surface area contributed by atoms with Gasteiger partial charge in [0, 0.05) is 18.7 Å². The van der Waals surface area contributed by atoms with Crippen molar-refractivity contribution >= 4 is 17.4 Å². The van der Waals surface area contributed by atoms with E-state index in [1.807, 2.05) is 0 Å². The highest BCUT2D eigenvalue weighted by Crippen LogP contribution is 2.31. The molecule has 2 atom stereocenters. The van der Waals surface area contributed by atoms with Crippen LogP contribution in [0, 0.1) is 0 Å². The van der Waals surface area contributed by atoms with E-state index in [2.05, 4.69) is 29.1 Å². The summed E-state index contributed by atoms with van der Waals surface area (Å²) in [6.45, 7) is 4.20. The van der Waals surface area contributed by atoms with Gasteiger partial charge in [0.15, 0.2) is 0 Å². The third-order valence-corrected chi connectivity index (χ3v) is 3.77. The van der Waals surface area contributed by atoms with Gasteiger partial charge < -0.3 is 10.1 Å². The lowest BCUT2D eigenvalue weighted by molar-refractivity contribution is 0.108. The molecular weight excluding hydrogens is 250 g/mol. The van der Waals surface area contributed by atoms with Crippen molar-refractivity contribution in [3.05, 3.63) is 17.0 Å². The summed E-state index contributed by atoms with van der Waals surface area (Å²) in [7, 11) is 1.77. The number of methoxy groups -OCH3 is 1. The van der Waals surface area contributed by atoms with Crippen molar-refractivity contribution in [3.63, 3.8) is 0 Å². The molecular formula is C13H20ClN3O. The number of ether oxygens (including phenoxy) is 1. The average Bonchev–Trinajstić information content (AvgIpc) is 2.76. The molecule has 18 heavy (non-hydrogen) atoms. The predicted molar refractivity (Wildman–Crippen MR) is 73.2 cm³/mol. The molecule has 4 nitrogen and oxygen atoms in total. The highest BCUT2D eigenvalue weighted by Gasteiger charge is 2.26. The van der Waals surface area contributed by atoms with Crippen LogP contribution < -0.4 is 5.32 Å².